The second-order valence-electron chi connectivity index (χ2n) is 9.54. The number of pyridine rings is 2. The maximum Gasteiger partial charge on any atom is 0.228 e. The first kappa shape index (κ1) is 23.9. The zero-order valence-corrected chi connectivity index (χ0v) is 22.3. The summed E-state index contributed by atoms with van der Waals surface area (Å²) in [6.07, 6.45) is 3.66. The minimum Gasteiger partial charge on any atom is -0.336 e. The molecule has 5 heterocycles. The lowest BCUT2D eigenvalue weighted by Gasteiger charge is -2.07. The molecule has 0 radical (unpaired) electrons. The standard InChI is InChI=1S/C31H23N7OS/c1-18-10-13-26(40-18)22-8-5-9-24-28(22)36-31(35-24)30-29-25(37-38-30)12-11-23(34-29)20-15-21(17-32-16-20)33-27(39)14-19-6-3-2-4-7-19/h2-13,15-17H,14H2,1H3,(H,33,39)(H,35,36)(H,37,38). The molecule has 0 saturated heterocycles. The highest BCUT2D eigenvalue weighted by molar-refractivity contribution is 7.15. The third-order valence-electron chi connectivity index (χ3n) is 6.68. The van der Waals surface area contributed by atoms with Crippen LogP contribution in [-0.4, -0.2) is 36.0 Å². The average Bonchev–Trinajstić information content (AvgIpc) is 3.71. The fourth-order valence-electron chi connectivity index (χ4n) is 4.78. The summed E-state index contributed by atoms with van der Waals surface area (Å²) >= 11 is 1.75. The summed E-state index contributed by atoms with van der Waals surface area (Å²) in [5.74, 6) is 0.541. The van der Waals surface area contributed by atoms with E-state index in [4.69, 9.17) is 9.97 Å². The van der Waals surface area contributed by atoms with Gasteiger partial charge in [-0.05, 0) is 48.9 Å². The van der Waals surface area contributed by atoms with Crippen LogP contribution in [0.4, 0.5) is 5.69 Å². The number of nitrogens with one attached hydrogen (secondary N) is 3. The van der Waals surface area contributed by atoms with Crippen LogP contribution >= 0.6 is 11.3 Å². The van der Waals surface area contributed by atoms with Gasteiger partial charge in [-0.1, -0.05) is 42.5 Å². The van der Waals surface area contributed by atoms with Crippen LogP contribution in [0.1, 0.15) is 10.4 Å². The molecule has 0 bridgehead atoms. The molecule has 8 nitrogen and oxygen atoms in total. The van der Waals surface area contributed by atoms with E-state index in [-0.39, 0.29) is 5.91 Å². The summed E-state index contributed by atoms with van der Waals surface area (Å²) in [5, 5.41) is 10.6. The Bertz CT molecular complexity index is 2010. The fraction of sp³-hybridized carbons (Fsp3) is 0.0645. The lowest BCUT2D eigenvalue weighted by atomic mass is 10.1. The maximum absolute atomic E-state index is 12.6. The van der Waals surface area contributed by atoms with Crippen molar-refractivity contribution >= 4 is 45.0 Å². The number of imidazole rings is 1. The number of aromatic amines is 2. The van der Waals surface area contributed by atoms with Gasteiger partial charge in [0, 0.05) is 27.1 Å². The molecule has 5 aromatic heterocycles. The lowest BCUT2D eigenvalue weighted by Crippen LogP contribution is -2.14. The van der Waals surface area contributed by atoms with Crippen LogP contribution in [0.15, 0.2) is 91.3 Å². The monoisotopic (exact) mass is 541 g/mol. The molecule has 3 N–H and O–H groups in total. The number of hydrogen-bond donors (Lipinski definition) is 3. The largest absolute Gasteiger partial charge is 0.336 e. The molecule has 9 heteroatoms. The van der Waals surface area contributed by atoms with Crippen LogP contribution < -0.4 is 5.32 Å². The van der Waals surface area contributed by atoms with E-state index in [1.165, 1.54) is 9.75 Å². The van der Waals surface area contributed by atoms with Crippen molar-refractivity contribution in [2.45, 2.75) is 13.3 Å². The third kappa shape index (κ3) is 4.52. The topological polar surface area (TPSA) is 112 Å². The first-order valence-corrected chi connectivity index (χ1v) is 13.6. The van der Waals surface area contributed by atoms with Gasteiger partial charge in [0.25, 0.3) is 0 Å². The molecule has 0 spiro atoms. The smallest absolute Gasteiger partial charge is 0.228 e. The zero-order chi connectivity index (χ0) is 27.1. The number of carbonyl (C=O) groups is 1. The number of para-hydroxylation sites is 1. The normalized spacial score (nSPS) is 11.3. The molecule has 0 aliphatic rings. The zero-order valence-electron chi connectivity index (χ0n) is 21.5. The van der Waals surface area contributed by atoms with Gasteiger partial charge in [-0.25, -0.2) is 9.97 Å². The molecule has 7 aromatic rings. The average molecular weight is 542 g/mol. The minimum absolute atomic E-state index is 0.104. The van der Waals surface area contributed by atoms with E-state index < -0.39 is 0 Å². The lowest BCUT2D eigenvalue weighted by molar-refractivity contribution is -0.115. The highest BCUT2D eigenvalue weighted by Crippen LogP contribution is 2.35. The molecule has 40 heavy (non-hydrogen) atoms. The van der Waals surface area contributed by atoms with E-state index in [1.54, 1.807) is 23.7 Å². The maximum atomic E-state index is 12.6. The molecule has 0 unspecified atom stereocenters. The summed E-state index contributed by atoms with van der Waals surface area (Å²) in [6.45, 7) is 2.10. The van der Waals surface area contributed by atoms with Crippen LogP contribution in [0.25, 0.3) is 55.3 Å². The number of benzene rings is 2. The van der Waals surface area contributed by atoms with Gasteiger partial charge < -0.3 is 10.3 Å². The quantitative estimate of drug-likeness (QED) is 0.215. The number of hydrogen-bond acceptors (Lipinski definition) is 6. The number of fused-ring (bicyclic) bond motifs is 2. The van der Waals surface area contributed by atoms with E-state index in [2.05, 4.69) is 50.6 Å². The van der Waals surface area contributed by atoms with Gasteiger partial charge in [-0.3, -0.25) is 14.9 Å². The Morgan fingerprint density at radius 1 is 0.900 bits per heavy atom. The van der Waals surface area contributed by atoms with Crippen LogP contribution in [0.5, 0.6) is 0 Å². The van der Waals surface area contributed by atoms with Crippen LogP contribution in [0, 0.1) is 6.92 Å². The highest BCUT2D eigenvalue weighted by atomic mass is 32.1. The summed E-state index contributed by atoms with van der Waals surface area (Å²) in [5.41, 5.74) is 8.12. The first-order chi connectivity index (χ1) is 19.6. The summed E-state index contributed by atoms with van der Waals surface area (Å²) in [4.78, 5) is 32.7. The Hall–Kier alpha value is -5.15. The Labute approximate surface area is 233 Å². The Kier molecular flexibility index (Phi) is 5.90. The molecule has 0 atom stereocenters. The van der Waals surface area contributed by atoms with E-state index >= 15 is 0 Å². The van der Waals surface area contributed by atoms with Crippen LogP contribution in [0.2, 0.25) is 0 Å². The van der Waals surface area contributed by atoms with Crippen LogP contribution in [-0.2, 0) is 11.2 Å². The molecule has 0 fully saturated rings. The highest BCUT2D eigenvalue weighted by Gasteiger charge is 2.17. The Morgan fingerprint density at radius 2 is 1.80 bits per heavy atom. The summed E-state index contributed by atoms with van der Waals surface area (Å²) in [6, 6.07) is 25.8. The van der Waals surface area contributed by atoms with Crippen molar-refractivity contribution < 1.29 is 4.79 Å². The predicted molar refractivity (Wildman–Crippen MR) is 159 cm³/mol. The molecule has 0 aliphatic carbocycles. The number of aryl methyl sites for hydroxylation is 1. The second-order valence-corrected chi connectivity index (χ2v) is 10.8. The second kappa shape index (κ2) is 9.87. The molecule has 7 rings (SSSR count). The fourth-order valence-corrected chi connectivity index (χ4v) is 5.68. The van der Waals surface area contributed by atoms with E-state index in [0.717, 1.165) is 33.2 Å². The van der Waals surface area contributed by atoms with Crippen LogP contribution in [0.3, 0.4) is 0 Å². The molecule has 0 saturated carbocycles. The number of carbonyl (C=O) groups excluding carboxylic acids is 1. The minimum atomic E-state index is -0.104. The van der Waals surface area contributed by atoms with Gasteiger partial charge in [0.2, 0.25) is 5.91 Å². The predicted octanol–water partition coefficient (Wildman–Crippen LogP) is 6.78. The Balaban J connectivity index is 1.21. The van der Waals surface area contributed by atoms with E-state index in [1.807, 2.05) is 60.7 Å². The number of anilines is 1. The molecule has 0 aliphatic heterocycles. The van der Waals surface area contributed by atoms with Gasteiger partial charge in [0.05, 0.1) is 40.5 Å². The number of H-pyrrole nitrogens is 2. The van der Waals surface area contributed by atoms with Gasteiger partial charge in [-0.2, -0.15) is 5.10 Å². The third-order valence-corrected chi connectivity index (χ3v) is 7.71. The molecule has 194 valence electrons. The SMILES string of the molecule is Cc1ccc(-c2cccc3[nH]c(-c4n[nH]c5ccc(-c6cncc(NC(=O)Cc7ccccc7)c6)nc45)nc23)s1. The van der Waals surface area contributed by atoms with Gasteiger partial charge in [0.15, 0.2) is 11.5 Å². The summed E-state index contributed by atoms with van der Waals surface area (Å²) in [7, 11) is 0. The summed E-state index contributed by atoms with van der Waals surface area (Å²) < 4.78 is 0. The van der Waals surface area contributed by atoms with Gasteiger partial charge in [0.1, 0.15) is 5.52 Å². The number of rotatable bonds is 6. The van der Waals surface area contributed by atoms with Crippen molar-refractivity contribution in [2.75, 3.05) is 5.32 Å². The van der Waals surface area contributed by atoms with Gasteiger partial charge >= 0.3 is 0 Å². The van der Waals surface area contributed by atoms with Crippen molar-refractivity contribution in [1.29, 1.82) is 0 Å². The van der Waals surface area contributed by atoms with Gasteiger partial charge in [-0.15, -0.1) is 11.3 Å². The number of amides is 1. The van der Waals surface area contributed by atoms with E-state index in [9.17, 15) is 4.79 Å². The number of thiophene rings is 1. The van der Waals surface area contributed by atoms with Crippen molar-refractivity contribution in [3.05, 3.63) is 102 Å². The van der Waals surface area contributed by atoms with E-state index in [0.29, 0.717) is 34.8 Å². The molecular formula is C31H23N7OS. The van der Waals surface area contributed by atoms with Crippen molar-refractivity contribution in [2.24, 2.45) is 0 Å². The molecular weight excluding hydrogens is 518 g/mol. The molecule has 2 aromatic carbocycles. The molecule has 1 amide bonds. The number of nitrogens with zero attached hydrogens (tertiary/aromatic N) is 4. The first-order valence-electron chi connectivity index (χ1n) is 12.8. The van der Waals surface area contributed by atoms with Crippen molar-refractivity contribution in [3.63, 3.8) is 0 Å². The van der Waals surface area contributed by atoms with Crippen molar-refractivity contribution in [1.82, 2.24) is 30.1 Å². The van der Waals surface area contributed by atoms with Crippen molar-refractivity contribution in [3.8, 4) is 33.2 Å². The Morgan fingerprint density at radius 3 is 2.65 bits per heavy atom. The number of aromatic nitrogens is 6.